The lowest BCUT2D eigenvalue weighted by atomic mass is 10.0. The lowest BCUT2D eigenvalue weighted by molar-refractivity contribution is -0.146. The lowest BCUT2D eigenvalue weighted by Gasteiger charge is -2.22. The van der Waals surface area contributed by atoms with Gasteiger partial charge in [0.05, 0.1) is 6.61 Å². The van der Waals surface area contributed by atoms with Crippen molar-refractivity contribution in [2.24, 2.45) is 5.92 Å². The maximum atomic E-state index is 11.8. The van der Waals surface area contributed by atoms with E-state index in [0.29, 0.717) is 11.6 Å². The van der Waals surface area contributed by atoms with Crippen molar-refractivity contribution in [3.8, 4) is 0 Å². The Morgan fingerprint density at radius 2 is 1.94 bits per heavy atom. The molecular weight excluding hydrogens is 246 g/mol. The van der Waals surface area contributed by atoms with E-state index in [2.05, 4.69) is 5.32 Å². The van der Waals surface area contributed by atoms with Gasteiger partial charge in [0.2, 0.25) is 0 Å². The third-order valence-corrected chi connectivity index (χ3v) is 2.88. The molecule has 0 bridgehead atoms. The molecule has 0 aliphatic carbocycles. The van der Waals surface area contributed by atoms with Crippen LogP contribution in [0.5, 0.6) is 0 Å². The van der Waals surface area contributed by atoms with E-state index in [0.717, 1.165) is 5.56 Å². The van der Waals surface area contributed by atoms with Crippen molar-refractivity contribution in [3.05, 3.63) is 35.9 Å². The van der Waals surface area contributed by atoms with Crippen molar-refractivity contribution < 1.29 is 9.53 Å². The summed E-state index contributed by atoms with van der Waals surface area (Å²) in [6, 6.07) is 9.18. The molecule has 4 heteroatoms. The molecule has 1 unspecified atom stereocenters. The van der Waals surface area contributed by atoms with E-state index in [-0.39, 0.29) is 11.9 Å². The second-order valence-corrected chi connectivity index (χ2v) is 4.72. The zero-order chi connectivity index (χ0) is 13.5. The fraction of sp³-hybridized carbons (Fsp3) is 0.429. The highest BCUT2D eigenvalue weighted by Gasteiger charge is 2.24. The van der Waals surface area contributed by atoms with E-state index in [1.54, 1.807) is 6.92 Å². The molecule has 98 valence electrons. The van der Waals surface area contributed by atoms with E-state index in [9.17, 15) is 4.79 Å². The van der Waals surface area contributed by atoms with E-state index in [4.69, 9.17) is 17.0 Å². The Morgan fingerprint density at radius 1 is 1.33 bits per heavy atom. The molecule has 0 aliphatic heterocycles. The average molecular weight is 265 g/mol. The number of carbonyl (C=O) groups is 1. The van der Waals surface area contributed by atoms with Crippen molar-refractivity contribution in [2.45, 2.75) is 26.8 Å². The van der Waals surface area contributed by atoms with Crippen LogP contribution in [0.4, 0.5) is 0 Å². The second-order valence-electron chi connectivity index (χ2n) is 4.31. The number of hydrogen-bond acceptors (Lipinski definition) is 3. The average Bonchev–Trinajstić information content (AvgIpc) is 2.36. The zero-order valence-corrected chi connectivity index (χ0v) is 11.8. The predicted molar refractivity (Wildman–Crippen MR) is 76.5 cm³/mol. The molecule has 1 N–H and O–H groups in total. The van der Waals surface area contributed by atoms with Crippen LogP contribution in [0.3, 0.4) is 0 Å². The number of benzene rings is 1. The van der Waals surface area contributed by atoms with Crippen LogP contribution in [-0.2, 0) is 9.53 Å². The molecule has 1 aromatic carbocycles. The van der Waals surface area contributed by atoms with Gasteiger partial charge in [0.1, 0.15) is 11.0 Å². The van der Waals surface area contributed by atoms with E-state index < -0.39 is 6.04 Å². The highest BCUT2D eigenvalue weighted by atomic mass is 32.1. The molecule has 1 rings (SSSR count). The Morgan fingerprint density at radius 3 is 2.44 bits per heavy atom. The van der Waals surface area contributed by atoms with Gasteiger partial charge in [0, 0.05) is 5.56 Å². The Balaban J connectivity index is 2.73. The van der Waals surface area contributed by atoms with Gasteiger partial charge in [-0.3, -0.25) is 0 Å². The van der Waals surface area contributed by atoms with Crippen LogP contribution in [0.1, 0.15) is 26.3 Å². The number of hydrogen-bond donors (Lipinski definition) is 1. The smallest absolute Gasteiger partial charge is 0.328 e. The van der Waals surface area contributed by atoms with Crippen molar-refractivity contribution in [1.29, 1.82) is 0 Å². The normalized spacial score (nSPS) is 12.0. The molecule has 18 heavy (non-hydrogen) atoms. The first kappa shape index (κ1) is 14.6. The fourth-order valence-electron chi connectivity index (χ4n) is 1.54. The Bertz CT molecular complexity index is 404. The van der Waals surface area contributed by atoms with Gasteiger partial charge in [-0.1, -0.05) is 56.4 Å². The minimum atomic E-state index is -0.405. The third kappa shape index (κ3) is 4.11. The summed E-state index contributed by atoms with van der Waals surface area (Å²) >= 11 is 5.30. The molecule has 3 nitrogen and oxygen atoms in total. The highest BCUT2D eigenvalue weighted by molar-refractivity contribution is 7.80. The first-order valence-electron chi connectivity index (χ1n) is 6.08. The van der Waals surface area contributed by atoms with Crippen molar-refractivity contribution >= 4 is 23.2 Å². The van der Waals surface area contributed by atoms with E-state index >= 15 is 0 Å². The van der Waals surface area contributed by atoms with Crippen LogP contribution in [0.15, 0.2) is 30.3 Å². The van der Waals surface area contributed by atoms with Gasteiger partial charge in [0.25, 0.3) is 0 Å². The van der Waals surface area contributed by atoms with Gasteiger partial charge in [-0.25, -0.2) is 4.79 Å². The number of rotatable bonds is 5. The number of thiocarbonyl (C=S) groups is 1. The summed E-state index contributed by atoms with van der Waals surface area (Å²) in [5.41, 5.74) is 0.905. The van der Waals surface area contributed by atoms with Crippen molar-refractivity contribution in [3.63, 3.8) is 0 Å². The van der Waals surface area contributed by atoms with Gasteiger partial charge in [-0.2, -0.15) is 0 Å². The quantitative estimate of drug-likeness (QED) is 0.656. The first-order chi connectivity index (χ1) is 8.56. The molecule has 0 amide bonds. The maximum absolute atomic E-state index is 11.8. The summed E-state index contributed by atoms with van der Waals surface area (Å²) in [5.74, 6) is -0.142. The van der Waals surface area contributed by atoms with Crippen molar-refractivity contribution in [1.82, 2.24) is 5.32 Å². The van der Waals surface area contributed by atoms with Gasteiger partial charge < -0.3 is 10.1 Å². The molecular formula is C14H19NO2S. The third-order valence-electron chi connectivity index (χ3n) is 2.53. The molecule has 0 heterocycles. The highest BCUT2D eigenvalue weighted by Crippen LogP contribution is 2.07. The first-order valence-corrected chi connectivity index (χ1v) is 6.49. The number of esters is 1. The summed E-state index contributed by atoms with van der Waals surface area (Å²) in [6.45, 7) is 6.09. The van der Waals surface area contributed by atoms with Crippen molar-refractivity contribution in [2.75, 3.05) is 6.61 Å². The van der Waals surface area contributed by atoms with E-state index in [1.165, 1.54) is 0 Å². The van der Waals surface area contributed by atoms with Crippen LogP contribution in [0, 0.1) is 5.92 Å². The van der Waals surface area contributed by atoms with Crippen LogP contribution < -0.4 is 5.32 Å². The largest absolute Gasteiger partial charge is 0.464 e. The van der Waals surface area contributed by atoms with E-state index in [1.807, 2.05) is 44.2 Å². The summed E-state index contributed by atoms with van der Waals surface area (Å²) < 4.78 is 5.04. The minimum Gasteiger partial charge on any atom is -0.464 e. The summed E-state index contributed by atoms with van der Waals surface area (Å²) in [7, 11) is 0. The van der Waals surface area contributed by atoms with Crippen LogP contribution >= 0.6 is 12.2 Å². The molecule has 0 radical (unpaired) electrons. The second kappa shape index (κ2) is 7.11. The SMILES string of the molecule is CCOC(=O)C(NC(=S)c1ccccc1)C(C)C. The van der Waals surface area contributed by atoms with Crippen LogP contribution in [-0.4, -0.2) is 23.6 Å². The zero-order valence-electron chi connectivity index (χ0n) is 11.0. The maximum Gasteiger partial charge on any atom is 0.328 e. The van der Waals surface area contributed by atoms with Gasteiger partial charge >= 0.3 is 5.97 Å². The molecule has 0 spiro atoms. The topological polar surface area (TPSA) is 38.3 Å². The lowest BCUT2D eigenvalue weighted by Crippen LogP contribution is -2.44. The minimum absolute atomic E-state index is 0.116. The Kier molecular flexibility index (Phi) is 5.78. The molecule has 0 saturated carbocycles. The molecule has 1 atom stereocenters. The standard InChI is InChI=1S/C14H19NO2S/c1-4-17-14(16)12(10(2)3)15-13(18)11-8-6-5-7-9-11/h5-10,12H,4H2,1-3H3,(H,15,18). The summed E-state index contributed by atoms with van der Waals surface area (Å²) in [4.78, 5) is 12.4. The molecule has 0 saturated heterocycles. The molecule has 1 aromatic rings. The molecule has 0 aromatic heterocycles. The monoisotopic (exact) mass is 265 g/mol. The number of carbonyl (C=O) groups excluding carboxylic acids is 1. The van der Waals surface area contributed by atoms with Gasteiger partial charge in [-0.05, 0) is 12.8 Å². The summed E-state index contributed by atoms with van der Waals surface area (Å²) in [5, 5.41) is 3.07. The number of ether oxygens (including phenoxy) is 1. The van der Waals surface area contributed by atoms with Crippen LogP contribution in [0.25, 0.3) is 0 Å². The van der Waals surface area contributed by atoms with Crippen LogP contribution in [0.2, 0.25) is 0 Å². The van der Waals surface area contributed by atoms with Gasteiger partial charge in [0.15, 0.2) is 0 Å². The fourth-order valence-corrected chi connectivity index (χ4v) is 1.81. The molecule has 0 fully saturated rings. The number of nitrogens with one attached hydrogen (secondary N) is 1. The predicted octanol–water partition coefficient (Wildman–Crippen LogP) is 2.54. The molecule has 0 aliphatic rings. The Hall–Kier alpha value is -1.42. The van der Waals surface area contributed by atoms with Gasteiger partial charge in [-0.15, -0.1) is 0 Å². The summed E-state index contributed by atoms with van der Waals surface area (Å²) in [6.07, 6.45) is 0. The Labute approximate surface area is 114 Å².